The highest BCUT2D eigenvalue weighted by Crippen LogP contribution is 2.24. The van der Waals surface area contributed by atoms with Gasteiger partial charge in [0.1, 0.15) is 0 Å². The van der Waals surface area contributed by atoms with E-state index in [0.717, 1.165) is 11.1 Å². The predicted octanol–water partition coefficient (Wildman–Crippen LogP) is 3.74. The SMILES string of the molecule is CC1CN(C(=O)c2cccc(-c3ccnc(F)c3)c2)CC(C)N1Cc1ccc(C(=O)NO)cc1. The van der Waals surface area contributed by atoms with Gasteiger partial charge in [-0.05, 0) is 60.9 Å². The molecule has 2 N–H and O–H groups in total. The molecule has 8 heteroatoms. The van der Waals surface area contributed by atoms with E-state index in [9.17, 15) is 14.0 Å². The number of rotatable bonds is 5. The van der Waals surface area contributed by atoms with Crippen LogP contribution in [0, 0.1) is 5.95 Å². The van der Waals surface area contributed by atoms with E-state index in [2.05, 4.69) is 23.7 Å². The molecule has 2 atom stereocenters. The number of benzene rings is 2. The molecule has 2 heterocycles. The zero-order valence-electron chi connectivity index (χ0n) is 19.1. The normalized spacial score (nSPS) is 18.5. The Bertz CT molecular complexity index is 1170. The smallest absolute Gasteiger partial charge is 0.274 e. The molecule has 1 aliphatic rings. The molecule has 3 aromatic rings. The first-order valence-corrected chi connectivity index (χ1v) is 11.2. The van der Waals surface area contributed by atoms with Crippen LogP contribution in [0.4, 0.5) is 4.39 Å². The third-order valence-electron chi connectivity index (χ3n) is 6.24. The van der Waals surface area contributed by atoms with Crippen LogP contribution in [0.25, 0.3) is 11.1 Å². The fraction of sp³-hybridized carbons (Fsp3) is 0.269. The molecule has 4 rings (SSSR count). The van der Waals surface area contributed by atoms with Crippen LogP contribution in [0.1, 0.15) is 40.1 Å². The Kier molecular flexibility index (Phi) is 7.00. The molecule has 34 heavy (non-hydrogen) atoms. The van der Waals surface area contributed by atoms with E-state index < -0.39 is 11.9 Å². The Morgan fingerprint density at radius 3 is 2.32 bits per heavy atom. The summed E-state index contributed by atoms with van der Waals surface area (Å²) in [6.45, 7) is 6.05. The summed E-state index contributed by atoms with van der Waals surface area (Å²) >= 11 is 0. The number of aromatic nitrogens is 1. The van der Waals surface area contributed by atoms with Gasteiger partial charge in [-0.25, -0.2) is 10.5 Å². The Labute approximate surface area is 197 Å². The van der Waals surface area contributed by atoms with E-state index in [-0.39, 0.29) is 18.0 Å². The first-order chi connectivity index (χ1) is 16.4. The van der Waals surface area contributed by atoms with Crippen molar-refractivity contribution < 1.29 is 19.2 Å². The molecule has 176 valence electrons. The molecule has 2 aromatic carbocycles. The Morgan fingerprint density at radius 1 is 1.00 bits per heavy atom. The maximum absolute atomic E-state index is 13.5. The van der Waals surface area contributed by atoms with Crippen molar-refractivity contribution in [3.63, 3.8) is 0 Å². The second-order valence-electron chi connectivity index (χ2n) is 8.67. The zero-order chi connectivity index (χ0) is 24.2. The number of piperazine rings is 1. The second kappa shape index (κ2) is 10.1. The van der Waals surface area contributed by atoms with E-state index in [1.165, 1.54) is 12.3 Å². The number of hydroxylamine groups is 1. The van der Waals surface area contributed by atoms with Crippen molar-refractivity contribution in [2.24, 2.45) is 0 Å². The fourth-order valence-electron chi connectivity index (χ4n) is 4.47. The van der Waals surface area contributed by atoms with E-state index in [4.69, 9.17) is 5.21 Å². The highest BCUT2D eigenvalue weighted by atomic mass is 19.1. The summed E-state index contributed by atoms with van der Waals surface area (Å²) in [7, 11) is 0. The minimum atomic E-state index is -0.556. The molecule has 2 unspecified atom stereocenters. The van der Waals surface area contributed by atoms with E-state index in [1.54, 1.807) is 35.8 Å². The van der Waals surface area contributed by atoms with Gasteiger partial charge < -0.3 is 4.90 Å². The lowest BCUT2D eigenvalue weighted by Gasteiger charge is -2.44. The first kappa shape index (κ1) is 23.5. The topological polar surface area (TPSA) is 85.8 Å². The highest BCUT2D eigenvalue weighted by Gasteiger charge is 2.32. The summed E-state index contributed by atoms with van der Waals surface area (Å²) < 4.78 is 13.5. The van der Waals surface area contributed by atoms with Gasteiger partial charge in [0, 0.05) is 55.1 Å². The van der Waals surface area contributed by atoms with Crippen LogP contribution >= 0.6 is 0 Å². The molecule has 1 aliphatic heterocycles. The van der Waals surface area contributed by atoms with Crippen LogP contribution in [-0.4, -0.2) is 57.0 Å². The van der Waals surface area contributed by atoms with E-state index in [0.29, 0.717) is 36.3 Å². The monoisotopic (exact) mass is 462 g/mol. The third-order valence-corrected chi connectivity index (χ3v) is 6.24. The zero-order valence-corrected chi connectivity index (χ0v) is 19.1. The molecule has 2 amide bonds. The molecule has 0 spiro atoms. The lowest BCUT2D eigenvalue weighted by molar-refractivity contribution is 0.0270. The number of nitrogens with zero attached hydrogens (tertiary/aromatic N) is 3. The van der Waals surface area contributed by atoms with E-state index >= 15 is 0 Å². The number of nitrogens with one attached hydrogen (secondary N) is 1. The van der Waals surface area contributed by atoms with Crippen molar-refractivity contribution in [2.45, 2.75) is 32.5 Å². The third kappa shape index (κ3) is 5.13. The van der Waals surface area contributed by atoms with Crippen molar-refractivity contribution in [2.75, 3.05) is 13.1 Å². The number of carbonyl (C=O) groups is 2. The number of hydrogen-bond donors (Lipinski definition) is 2. The number of hydrogen-bond acceptors (Lipinski definition) is 5. The maximum Gasteiger partial charge on any atom is 0.274 e. The largest absolute Gasteiger partial charge is 0.336 e. The summed E-state index contributed by atoms with van der Waals surface area (Å²) in [5.74, 6) is -1.15. The molecule has 7 nitrogen and oxygen atoms in total. The van der Waals surface area contributed by atoms with E-state index in [1.807, 2.05) is 29.2 Å². The average molecular weight is 463 g/mol. The summed E-state index contributed by atoms with van der Waals surface area (Å²) in [4.78, 5) is 32.6. The molecular formula is C26H27FN4O3. The molecule has 1 saturated heterocycles. The minimum absolute atomic E-state index is 0.0471. The van der Waals surface area contributed by atoms with Gasteiger partial charge in [-0.1, -0.05) is 24.3 Å². The molecule has 1 aromatic heterocycles. The number of carbonyl (C=O) groups excluding carboxylic acids is 2. The van der Waals surface area contributed by atoms with Crippen LogP contribution in [0.15, 0.2) is 66.9 Å². The molecule has 1 fully saturated rings. The second-order valence-corrected chi connectivity index (χ2v) is 8.67. The Balaban J connectivity index is 1.44. The van der Waals surface area contributed by atoms with Gasteiger partial charge in [0.2, 0.25) is 5.95 Å². The van der Waals surface area contributed by atoms with Crippen molar-refractivity contribution in [1.29, 1.82) is 0 Å². The fourth-order valence-corrected chi connectivity index (χ4v) is 4.47. The van der Waals surface area contributed by atoms with Crippen LogP contribution < -0.4 is 5.48 Å². The van der Waals surface area contributed by atoms with Crippen molar-refractivity contribution >= 4 is 11.8 Å². The minimum Gasteiger partial charge on any atom is -0.336 e. The standard InChI is InChI=1S/C26H27FN4O3/c1-17-14-30(15-18(2)31(17)16-19-6-8-20(9-7-19)25(32)29-34)26(33)23-5-3-4-21(12-23)22-10-11-28-24(27)13-22/h3-13,17-18,34H,14-16H2,1-2H3,(H,29,32). The van der Waals surface area contributed by atoms with Crippen LogP contribution in [-0.2, 0) is 6.54 Å². The summed E-state index contributed by atoms with van der Waals surface area (Å²) in [5, 5.41) is 8.77. The van der Waals surface area contributed by atoms with Gasteiger partial charge in [-0.2, -0.15) is 4.39 Å². The van der Waals surface area contributed by atoms with Gasteiger partial charge in [-0.15, -0.1) is 0 Å². The molecule has 0 bridgehead atoms. The quantitative estimate of drug-likeness (QED) is 0.343. The first-order valence-electron chi connectivity index (χ1n) is 11.2. The van der Waals surface area contributed by atoms with Crippen molar-refractivity contribution in [1.82, 2.24) is 20.3 Å². The molecule has 0 radical (unpaired) electrons. The molecule has 0 saturated carbocycles. The van der Waals surface area contributed by atoms with Gasteiger partial charge >= 0.3 is 0 Å². The Hall–Kier alpha value is -3.62. The van der Waals surface area contributed by atoms with Gasteiger partial charge in [0.25, 0.3) is 11.8 Å². The summed E-state index contributed by atoms with van der Waals surface area (Å²) in [6, 6.07) is 17.7. The predicted molar refractivity (Wildman–Crippen MR) is 126 cm³/mol. The maximum atomic E-state index is 13.5. The van der Waals surface area contributed by atoms with Crippen molar-refractivity contribution in [3.05, 3.63) is 89.5 Å². The molecule has 0 aliphatic carbocycles. The molecular weight excluding hydrogens is 435 g/mol. The van der Waals surface area contributed by atoms with Crippen molar-refractivity contribution in [3.8, 4) is 11.1 Å². The number of halogens is 1. The summed E-state index contributed by atoms with van der Waals surface area (Å²) in [6.07, 6.45) is 1.41. The highest BCUT2D eigenvalue weighted by molar-refractivity contribution is 5.95. The summed E-state index contributed by atoms with van der Waals surface area (Å²) in [5.41, 5.74) is 5.08. The van der Waals surface area contributed by atoms with Gasteiger partial charge in [0.15, 0.2) is 0 Å². The number of amides is 2. The lowest BCUT2D eigenvalue weighted by Crippen LogP contribution is -2.57. The van der Waals surface area contributed by atoms with Crippen LogP contribution in [0.2, 0.25) is 0 Å². The van der Waals surface area contributed by atoms with Crippen LogP contribution in [0.3, 0.4) is 0 Å². The average Bonchev–Trinajstić information content (AvgIpc) is 2.85. The Morgan fingerprint density at radius 2 is 1.68 bits per heavy atom. The number of pyridine rings is 1. The lowest BCUT2D eigenvalue weighted by atomic mass is 10.0. The van der Waals surface area contributed by atoms with Crippen LogP contribution in [0.5, 0.6) is 0 Å². The van der Waals surface area contributed by atoms with Gasteiger partial charge in [-0.3, -0.25) is 19.7 Å². The van der Waals surface area contributed by atoms with Gasteiger partial charge in [0.05, 0.1) is 0 Å².